The number of hydrogen-bond donors (Lipinski definition) is 0. The van der Waals surface area contributed by atoms with E-state index >= 15 is 0 Å². The van der Waals surface area contributed by atoms with Crippen molar-refractivity contribution in [2.24, 2.45) is 9.98 Å². The minimum Gasteiger partial charge on any atom is -0.187 e. The van der Waals surface area contributed by atoms with E-state index in [1.807, 2.05) is 0 Å². The minimum absolute atomic E-state index is 1.04. The number of aryl methyl sites for hydroxylation is 2. The van der Waals surface area contributed by atoms with Crippen molar-refractivity contribution in [3.63, 3.8) is 0 Å². The van der Waals surface area contributed by atoms with Crippen LogP contribution < -0.4 is 0 Å². The van der Waals surface area contributed by atoms with E-state index in [1.165, 1.54) is 73.6 Å². The van der Waals surface area contributed by atoms with Crippen molar-refractivity contribution in [3.8, 4) is 0 Å². The SMILES string of the molecule is CCCCc1cccc(N=C=Nc2cccc(CCCC)c2CCCC)c1CCCC. The lowest BCUT2D eigenvalue weighted by Crippen LogP contribution is -1.96. The van der Waals surface area contributed by atoms with E-state index in [1.54, 1.807) is 0 Å². The summed E-state index contributed by atoms with van der Waals surface area (Å²) in [7, 11) is 0. The van der Waals surface area contributed by atoms with Gasteiger partial charge in [0.15, 0.2) is 0 Å². The van der Waals surface area contributed by atoms with E-state index in [4.69, 9.17) is 9.98 Å². The molecule has 0 unspecified atom stereocenters. The first-order valence-electron chi connectivity index (χ1n) is 12.6. The van der Waals surface area contributed by atoms with Crippen molar-refractivity contribution >= 4 is 17.4 Å². The lowest BCUT2D eigenvalue weighted by Gasteiger charge is -2.12. The van der Waals surface area contributed by atoms with E-state index in [-0.39, 0.29) is 0 Å². The minimum atomic E-state index is 1.04. The summed E-state index contributed by atoms with van der Waals surface area (Å²) in [6.07, 6.45) is 14.1. The number of nitrogens with zero attached hydrogens (tertiary/aromatic N) is 2. The molecule has 0 aliphatic heterocycles. The molecule has 0 saturated carbocycles. The number of rotatable bonds is 14. The van der Waals surface area contributed by atoms with Gasteiger partial charge in [0, 0.05) is 0 Å². The highest BCUT2D eigenvalue weighted by Gasteiger charge is 2.09. The third kappa shape index (κ3) is 8.11. The first kappa shape index (κ1) is 25.1. The molecule has 2 aromatic rings. The van der Waals surface area contributed by atoms with E-state index in [0.29, 0.717) is 0 Å². The van der Waals surface area contributed by atoms with Crippen molar-refractivity contribution in [1.82, 2.24) is 0 Å². The molecule has 0 aliphatic carbocycles. The molecule has 0 spiro atoms. The molecular weight excluding hydrogens is 376 g/mol. The fourth-order valence-electron chi connectivity index (χ4n) is 4.07. The second-order valence-electron chi connectivity index (χ2n) is 8.57. The molecule has 0 radical (unpaired) electrons. The van der Waals surface area contributed by atoms with Crippen LogP contribution in [0.2, 0.25) is 0 Å². The van der Waals surface area contributed by atoms with Crippen molar-refractivity contribution in [3.05, 3.63) is 58.7 Å². The molecule has 0 heterocycles. The second kappa shape index (κ2) is 14.8. The summed E-state index contributed by atoms with van der Waals surface area (Å²) < 4.78 is 0. The zero-order valence-electron chi connectivity index (χ0n) is 20.3. The molecule has 0 N–H and O–H groups in total. The fourth-order valence-corrected chi connectivity index (χ4v) is 4.07. The van der Waals surface area contributed by atoms with Crippen LogP contribution in [0.5, 0.6) is 0 Å². The Morgan fingerprint density at radius 3 is 1.32 bits per heavy atom. The summed E-state index contributed by atoms with van der Waals surface area (Å²) in [6.45, 7) is 9.01. The Bertz CT molecular complexity index is 776. The smallest absolute Gasteiger partial charge is 0.100 e. The van der Waals surface area contributed by atoms with Gasteiger partial charge in [0.05, 0.1) is 11.4 Å². The monoisotopic (exact) mass is 418 g/mol. The maximum Gasteiger partial charge on any atom is 0.100 e. The molecule has 0 fully saturated rings. The molecule has 2 nitrogen and oxygen atoms in total. The third-order valence-corrected chi connectivity index (χ3v) is 6.00. The molecule has 0 bridgehead atoms. The quantitative estimate of drug-likeness (QED) is 0.273. The van der Waals surface area contributed by atoms with Gasteiger partial charge in [-0.3, -0.25) is 0 Å². The first-order chi connectivity index (χ1) is 15.2. The van der Waals surface area contributed by atoms with Gasteiger partial charge in [-0.05, 0) is 85.8 Å². The van der Waals surface area contributed by atoms with E-state index in [2.05, 4.69) is 70.1 Å². The van der Waals surface area contributed by atoms with Gasteiger partial charge < -0.3 is 0 Å². The van der Waals surface area contributed by atoms with Crippen LogP contribution in [0.1, 0.15) is 101 Å². The first-order valence-corrected chi connectivity index (χ1v) is 12.6. The molecule has 2 rings (SSSR count). The van der Waals surface area contributed by atoms with Crippen molar-refractivity contribution in [1.29, 1.82) is 0 Å². The summed E-state index contributed by atoms with van der Waals surface area (Å²) in [4.78, 5) is 9.44. The predicted octanol–water partition coefficient (Wildman–Crippen LogP) is 9.19. The van der Waals surface area contributed by atoms with Gasteiger partial charge in [-0.2, -0.15) is 9.98 Å². The lowest BCUT2D eigenvalue weighted by molar-refractivity contribution is 0.758. The van der Waals surface area contributed by atoms with Crippen LogP contribution in [0, 0.1) is 0 Å². The average molecular weight is 419 g/mol. The van der Waals surface area contributed by atoms with Gasteiger partial charge in [0.2, 0.25) is 0 Å². The zero-order chi connectivity index (χ0) is 22.3. The highest BCUT2D eigenvalue weighted by Crippen LogP contribution is 2.28. The van der Waals surface area contributed by atoms with Crippen molar-refractivity contribution in [2.45, 2.75) is 105 Å². The highest BCUT2D eigenvalue weighted by atomic mass is 14.8. The summed E-state index contributed by atoms with van der Waals surface area (Å²) in [5.74, 6) is 0. The number of unbranched alkanes of at least 4 members (excludes halogenated alkanes) is 4. The van der Waals surface area contributed by atoms with Gasteiger partial charge >= 0.3 is 0 Å². The Balaban J connectivity index is 2.36. The molecule has 2 aromatic carbocycles. The van der Waals surface area contributed by atoms with Crippen LogP contribution in [0.25, 0.3) is 0 Å². The Labute approximate surface area is 190 Å². The van der Waals surface area contributed by atoms with Crippen LogP contribution >= 0.6 is 0 Å². The van der Waals surface area contributed by atoms with E-state index < -0.39 is 0 Å². The summed E-state index contributed by atoms with van der Waals surface area (Å²) in [5.41, 5.74) is 7.77. The van der Waals surface area contributed by atoms with Crippen molar-refractivity contribution < 1.29 is 0 Å². The second-order valence-corrected chi connectivity index (χ2v) is 8.57. The maximum atomic E-state index is 4.72. The Morgan fingerprint density at radius 2 is 0.935 bits per heavy atom. The Hall–Kier alpha value is -2.18. The molecule has 168 valence electrons. The molecule has 0 saturated heterocycles. The molecular formula is C29H42N2. The molecule has 2 heteroatoms. The van der Waals surface area contributed by atoms with Crippen LogP contribution in [0.3, 0.4) is 0 Å². The number of hydrogen-bond acceptors (Lipinski definition) is 2. The van der Waals surface area contributed by atoms with E-state index in [9.17, 15) is 0 Å². The molecule has 0 aromatic heterocycles. The predicted molar refractivity (Wildman–Crippen MR) is 137 cm³/mol. The largest absolute Gasteiger partial charge is 0.187 e. The molecule has 0 aliphatic rings. The fraction of sp³-hybridized carbons (Fsp3) is 0.552. The van der Waals surface area contributed by atoms with Crippen LogP contribution in [-0.2, 0) is 25.7 Å². The summed E-state index contributed by atoms with van der Waals surface area (Å²) in [6, 6.07) is 16.1. The van der Waals surface area contributed by atoms with Crippen LogP contribution in [0.15, 0.2) is 46.4 Å². The topological polar surface area (TPSA) is 24.7 Å². The molecule has 31 heavy (non-hydrogen) atoms. The number of aliphatic imine (C=N–C) groups is 2. The highest BCUT2D eigenvalue weighted by molar-refractivity contribution is 5.63. The summed E-state index contributed by atoms with van der Waals surface area (Å²) >= 11 is 0. The summed E-state index contributed by atoms with van der Waals surface area (Å²) in [5, 5.41) is 0. The number of benzene rings is 2. The van der Waals surface area contributed by atoms with Crippen LogP contribution in [-0.4, -0.2) is 6.01 Å². The van der Waals surface area contributed by atoms with Gasteiger partial charge in [-0.1, -0.05) is 77.6 Å². The third-order valence-electron chi connectivity index (χ3n) is 6.00. The molecule has 0 amide bonds. The van der Waals surface area contributed by atoms with Gasteiger partial charge in [-0.15, -0.1) is 0 Å². The molecule has 0 atom stereocenters. The van der Waals surface area contributed by atoms with E-state index in [0.717, 1.165) is 37.1 Å². The van der Waals surface area contributed by atoms with Gasteiger partial charge in [-0.25, -0.2) is 0 Å². The average Bonchev–Trinajstić information content (AvgIpc) is 2.79. The van der Waals surface area contributed by atoms with Crippen molar-refractivity contribution in [2.75, 3.05) is 0 Å². The zero-order valence-corrected chi connectivity index (χ0v) is 20.3. The van der Waals surface area contributed by atoms with Gasteiger partial charge in [0.25, 0.3) is 0 Å². The Morgan fingerprint density at radius 1 is 0.548 bits per heavy atom. The van der Waals surface area contributed by atoms with Crippen LogP contribution in [0.4, 0.5) is 11.4 Å². The lowest BCUT2D eigenvalue weighted by atomic mass is 9.96. The van der Waals surface area contributed by atoms with Gasteiger partial charge in [0.1, 0.15) is 6.01 Å². The Kier molecular flexibility index (Phi) is 11.9. The normalized spacial score (nSPS) is 10.7. The standard InChI is InChI=1S/C29H42N2/c1-5-9-15-24-17-13-21-28(26(24)19-11-7-3)30-23-31-29-22-14-18-25(16-10-6-2)27(29)20-12-8-4/h13-14,17-18,21-22H,5-12,15-16,19-20H2,1-4H3. The maximum absolute atomic E-state index is 4.72.